The molecule has 1 fully saturated rings. The monoisotopic (exact) mass is 237 g/mol. The Labute approximate surface area is 99.2 Å². The number of thioether (sulfide) groups is 1. The SMILES string of the molecule is C[C@H](c1ccccc1)[C@H]1N[C@@H](C(=O)O)CS1. The van der Waals surface area contributed by atoms with Crippen molar-refractivity contribution in [2.45, 2.75) is 24.3 Å². The molecule has 0 amide bonds. The summed E-state index contributed by atoms with van der Waals surface area (Å²) in [6.45, 7) is 2.13. The molecule has 1 aromatic rings. The fraction of sp³-hybridized carbons (Fsp3) is 0.417. The topological polar surface area (TPSA) is 49.3 Å². The molecular weight excluding hydrogens is 222 g/mol. The second kappa shape index (κ2) is 4.89. The summed E-state index contributed by atoms with van der Waals surface area (Å²) in [6.07, 6.45) is 0. The highest BCUT2D eigenvalue weighted by molar-refractivity contribution is 8.00. The van der Waals surface area contributed by atoms with Gasteiger partial charge in [-0.25, -0.2) is 0 Å². The summed E-state index contributed by atoms with van der Waals surface area (Å²) in [7, 11) is 0. The molecule has 0 aromatic heterocycles. The van der Waals surface area contributed by atoms with Gasteiger partial charge in [0.2, 0.25) is 0 Å². The van der Waals surface area contributed by atoms with Crippen molar-refractivity contribution < 1.29 is 9.90 Å². The summed E-state index contributed by atoms with van der Waals surface area (Å²) in [5, 5.41) is 12.3. The minimum atomic E-state index is -0.754. The van der Waals surface area contributed by atoms with Crippen LogP contribution in [0.15, 0.2) is 30.3 Å². The number of nitrogens with one attached hydrogen (secondary N) is 1. The van der Waals surface area contributed by atoms with Crippen molar-refractivity contribution in [1.29, 1.82) is 0 Å². The lowest BCUT2D eigenvalue weighted by Gasteiger charge is -2.19. The van der Waals surface area contributed by atoms with E-state index in [4.69, 9.17) is 5.11 Å². The van der Waals surface area contributed by atoms with E-state index in [-0.39, 0.29) is 5.37 Å². The van der Waals surface area contributed by atoms with Crippen LogP contribution < -0.4 is 5.32 Å². The first kappa shape index (κ1) is 11.5. The second-order valence-electron chi connectivity index (χ2n) is 4.01. The number of aliphatic carboxylic acids is 1. The zero-order valence-electron chi connectivity index (χ0n) is 9.09. The lowest BCUT2D eigenvalue weighted by molar-refractivity contribution is -0.138. The van der Waals surface area contributed by atoms with Gasteiger partial charge in [-0.15, -0.1) is 11.8 Å². The third-order valence-electron chi connectivity index (χ3n) is 2.89. The van der Waals surface area contributed by atoms with Crippen molar-refractivity contribution in [3.8, 4) is 0 Å². The molecule has 1 aromatic carbocycles. The highest BCUT2D eigenvalue weighted by Crippen LogP contribution is 2.31. The summed E-state index contributed by atoms with van der Waals surface area (Å²) < 4.78 is 0. The summed E-state index contributed by atoms with van der Waals surface area (Å²) in [5.41, 5.74) is 1.25. The highest BCUT2D eigenvalue weighted by atomic mass is 32.2. The van der Waals surface area contributed by atoms with E-state index >= 15 is 0 Å². The maximum atomic E-state index is 10.8. The average molecular weight is 237 g/mol. The number of hydrogen-bond donors (Lipinski definition) is 2. The van der Waals surface area contributed by atoms with E-state index in [0.717, 1.165) is 0 Å². The molecule has 1 aliphatic rings. The van der Waals surface area contributed by atoms with E-state index in [9.17, 15) is 4.79 Å². The van der Waals surface area contributed by atoms with Crippen LogP contribution in [0.1, 0.15) is 18.4 Å². The standard InChI is InChI=1S/C12H15NO2S/c1-8(9-5-3-2-4-6-9)11-13-10(7-16-11)12(14)15/h2-6,8,10-11,13H,7H2,1H3,(H,14,15)/t8-,10-,11+/m1/s1. The van der Waals surface area contributed by atoms with Crippen LogP contribution in [0.5, 0.6) is 0 Å². The van der Waals surface area contributed by atoms with Crippen LogP contribution >= 0.6 is 11.8 Å². The van der Waals surface area contributed by atoms with Crippen LogP contribution in [-0.2, 0) is 4.79 Å². The Morgan fingerprint density at radius 3 is 2.75 bits per heavy atom. The van der Waals surface area contributed by atoms with Gasteiger partial charge in [-0.05, 0) is 5.56 Å². The Hall–Kier alpha value is -1.00. The zero-order valence-corrected chi connectivity index (χ0v) is 9.91. The summed E-state index contributed by atoms with van der Waals surface area (Å²) >= 11 is 1.69. The van der Waals surface area contributed by atoms with Crippen LogP contribution in [0.2, 0.25) is 0 Å². The van der Waals surface area contributed by atoms with E-state index < -0.39 is 12.0 Å². The number of carbonyl (C=O) groups is 1. The number of benzene rings is 1. The Morgan fingerprint density at radius 2 is 2.19 bits per heavy atom. The van der Waals surface area contributed by atoms with Crippen molar-refractivity contribution in [3.63, 3.8) is 0 Å². The molecular formula is C12H15NO2S. The minimum Gasteiger partial charge on any atom is -0.480 e. The van der Waals surface area contributed by atoms with Gasteiger partial charge < -0.3 is 5.11 Å². The van der Waals surface area contributed by atoms with Gasteiger partial charge in [0.25, 0.3) is 0 Å². The van der Waals surface area contributed by atoms with Gasteiger partial charge in [0, 0.05) is 11.7 Å². The maximum Gasteiger partial charge on any atom is 0.321 e. The van der Waals surface area contributed by atoms with Crippen LogP contribution in [-0.4, -0.2) is 28.2 Å². The van der Waals surface area contributed by atoms with Gasteiger partial charge in [-0.3, -0.25) is 10.1 Å². The molecule has 0 unspecified atom stereocenters. The molecule has 0 saturated carbocycles. The van der Waals surface area contributed by atoms with Gasteiger partial charge in [0.1, 0.15) is 6.04 Å². The van der Waals surface area contributed by atoms with E-state index in [1.807, 2.05) is 18.2 Å². The van der Waals surface area contributed by atoms with Gasteiger partial charge in [0.15, 0.2) is 0 Å². The molecule has 1 aliphatic heterocycles. The van der Waals surface area contributed by atoms with Crippen molar-refractivity contribution in [3.05, 3.63) is 35.9 Å². The van der Waals surface area contributed by atoms with Crippen molar-refractivity contribution >= 4 is 17.7 Å². The summed E-state index contributed by atoms with van der Waals surface area (Å²) in [6, 6.07) is 9.79. The van der Waals surface area contributed by atoms with Gasteiger partial charge in [-0.2, -0.15) is 0 Å². The van der Waals surface area contributed by atoms with Crippen LogP contribution in [0, 0.1) is 0 Å². The largest absolute Gasteiger partial charge is 0.480 e. The predicted octanol–water partition coefficient (Wildman–Crippen LogP) is 1.91. The highest BCUT2D eigenvalue weighted by Gasteiger charge is 2.32. The molecule has 0 spiro atoms. The molecule has 0 aliphatic carbocycles. The van der Waals surface area contributed by atoms with E-state index in [1.165, 1.54) is 5.56 Å². The summed E-state index contributed by atoms with van der Waals surface area (Å²) in [4.78, 5) is 10.8. The maximum absolute atomic E-state index is 10.8. The molecule has 4 heteroatoms. The molecule has 0 radical (unpaired) electrons. The number of carboxylic acid groups (broad SMARTS) is 1. The molecule has 1 saturated heterocycles. The van der Waals surface area contributed by atoms with E-state index in [0.29, 0.717) is 11.7 Å². The molecule has 0 bridgehead atoms. The Balaban J connectivity index is 2.02. The predicted molar refractivity (Wildman–Crippen MR) is 65.7 cm³/mol. The second-order valence-corrected chi connectivity index (χ2v) is 5.19. The smallest absolute Gasteiger partial charge is 0.321 e. The average Bonchev–Trinajstić information content (AvgIpc) is 2.78. The van der Waals surface area contributed by atoms with Crippen molar-refractivity contribution in [2.24, 2.45) is 0 Å². The summed E-state index contributed by atoms with van der Waals surface area (Å²) in [5.74, 6) is 0.225. The third-order valence-corrected chi connectivity index (χ3v) is 4.31. The normalized spacial score (nSPS) is 26.6. The minimum absolute atomic E-state index is 0.198. The first-order chi connectivity index (χ1) is 7.68. The third kappa shape index (κ3) is 2.39. The van der Waals surface area contributed by atoms with Crippen LogP contribution in [0.3, 0.4) is 0 Å². The number of carboxylic acids is 1. The number of hydrogen-bond acceptors (Lipinski definition) is 3. The molecule has 86 valence electrons. The molecule has 16 heavy (non-hydrogen) atoms. The Kier molecular flexibility index (Phi) is 3.51. The molecule has 1 heterocycles. The van der Waals surface area contributed by atoms with Gasteiger partial charge >= 0.3 is 5.97 Å². The molecule has 2 N–H and O–H groups in total. The molecule has 3 atom stereocenters. The molecule has 3 nitrogen and oxygen atoms in total. The van der Waals surface area contributed by atoms with Gasteiger partial charge in [-0.1, -0.05) is 37.3 Å². The quantitative estimate of drug-likeness (QED) is 0.843. The van der Waals surface area contributed by atoms with Crippen LogP contribution in [0.25, 0.3) is 0 Å². The van der Waals surface area contributed by atoms with E-state index in [2.05, 4.69) is 24.4 Å². The van der Waals surface area contributed by atoms with Crippen LogP contribution in [0.4, 0.5) is 0 Å². The Morgan fingerprint density at radius 1 is 1.50 bits per heavy atom. The fourth-order valence-electron chi connectivity index (χ4n) is 1.86. The lowest BCUT2D eigenvalue weighted by Crippen LogP contribution is -2.38. The number of rotatable bonds is 3. The Bertz CT molecular complexity index is 369. The zero-order chi connectivity index (χ0) is 11.5. The van der Waals surface area contributed by atoms with Gasteiger partial charge in [0.05, 0.1) is 5.37 Å². The van der Waals surface area contributed by atoms with Crippen molar-refractivity contribution in [2.75, 3.05) is 5.75 Å². The van der Waals surface area contributed by atoms with Crippen molar-refractivity contribution in [1.82, 2.24) is 5.32 Å². The first-order valence-electron chi connectivity index (χ1n) is 5.34. The van der Waals surface area contributed by atoms with E-state index in [1.54, 1.807) is 11.8 Å². The first-order valence-corrected chi connectivity index (χ1v) is 6.39. The fourth-order valence-corrected chi connectivity index (χ4v) is 3.20. The molecule has 2 rings (SSSR count). The lowest BCUT2D eigenvalue weighted by atomic mass is 10.0.